The van der Waals surface area contributed by atoms with Crippen molar-refractivity contribution in [1.29, 1.82) is 0 Å². The van der Waals surface area contributed by atoms with Crippen LogP contribution in [0.2, 0.25) is 10.0 Å². The molecule has 24 heavy (non-hydrogen) atoms. The highest BCUT2D eigenvalue weighted by atomic mass is 35.5. The number of hydrogen-bond donors (Lipinski definition) is 1. The number of halogens is 3. The molecule has 7 heteroatoms. The van der Waals surface area contributed by atoms with Crippen LogP contribution in [0.15, 0.2) is 47.0 Å². The minimum absolute atomic E-state index is 0.0177. The van der Waals surface area contributed by atoms with Gasteiger partial charge in [0.15, 0.2) is 0 Å². The van der Waals surface area contributed by atoms with Gasteiger partial charge < -0.3 is 9.84 Å². The molecule has 0 radical (unpaired) electrons. The smallest absolute Gasteiger partial charge is 0.240 e. The molecule has 0 saturated carbocycles. The number of nitrogens with zero attached hydrogens (tertiary/aromatic N) is 2. The Morgan fingerprint density at radius 1 is 1.17 bits per heavy atom. The van der Waals surface area contributed by atoms with Gasteiger partial charge in [0.25, 0.3) is 0 Å². The van der Waals surface area contributed by atoms with Crippen molar-refractivity contribution in [3.05, 3.63) is 69.8 Å². The van der Waals surface area contributed by atoms with E-state index in [2.05, 4.69) is 15.5 Å². The van der Waals surface area contributed by atoms with Gasteiger partial charge >= 0.3 is 0 Å². The summed E-state index contributed by atoms with van der Waals surface area (Å²) in [6.45, 7) is 2.36. The van der Waals surface area contributed by atoms with E-state index in [-0.39, 0.29) is 11.9 Å². The van der Waals surface area contributed by atoms with Crippen molar-refractivity contribution in [3.63, 3.8) is 0 Å². The molecule has 0 aliphatic carbocycles. The van der Waals surface area contributed by atoms with Crippen LogP contribution in [0, 0.1) is 5.82 Å². The van der Waals surface area contributed by atoms with E-state index in [1.807, 2.05) is 13.0 Å². The standard InChI is InChI=1S/C17H14Cl2FN3O/c1-10(14-7-4-12(18)8-15(14)19)21-9-16-22-17(23-24-16)11-2-5-13(20)6-3-11/h2-8,10,21H,9H2,1H3/t10-/m0/s1. The lowest BCUT2D eigenvalue weighted by atomic mass is 10.1. The molecular formula is C17H14Cl2FN3O. The zero-order chi connectivity index (χ0) is 17.1. The monoisotopic (exact) mass is 365 g/mol. The second-order valence-electron chi connectivity index (χ2n) is 5.29. The summed E-state index contributed by atoms with van der Waals surface area (Å²) in [4.78, 5) is 4.30. The first-order valence-electron chi connectivity index (χ1n) is 7.30. The summed E-state index contributed by atoms with van der Waals surface area (Å²) in [6.07, 6.45) is 0. The van der Waals surface area contributed by atoms with Crippen LogP contribution in [-0.2, 0) is 6.54 Å². The molecule has 1 heterocycles. The van der Waals surface area contributed by atoms with Crippen molar-refractivity contribution in [2.45, 2.75) is 19.5 Å². The Morgan fingerprint density at radius 2 is 1.92 bits per heavy atom. The third-order valence-corrected chi connectivity index (χ3v) is 4.12. The first kappa shape index (κ1) is 16.9. The SMILES string of the molecule is C[C@H](NCc1nc(-c2ccc(F)cc2)no1)c1ccc(Cl)cc1Cl. The van der Waals surface area contributed by atoms with Crippen molar-refractivity contribution in [2.75, 3.05) is 0 Å². The van der Waals surface area contributed by atoms with E-state index >= 15 is 0 Å². The topological polar surface area (TPSA) is 51.0 Å². The predicted molar refractivity (Wildman–Crippen MR) is 91.4 cm³/mol. The fourth-order valence-corrected chi connectivity index (χ4v) is 2.82. The van der Waals surface area contributed by atoms with Crippen LogP contribution >= 0.6 is 23.2 Å². The average Bonchev–Trinajstić information content (AvgIpc) is 3.02. The highest BCUT2D eigenvalue weighted by Crippen LogP contribution is 2.26. The maximum absolute atomic E-state index is 12.9. The molecule has 3 aromatic rings. The maximum Gasteiger partial charge on any atom is 0.240 e. The fourth-order valence-electron chi connectivity index (χ4n) is 2.25. The van der Waals surface area contributed by atoms with Crippen molar-refractivity contribution in [1.82, 2.24) is 15.5 Å². The van der Waals surface area contributed by atoms with Crippen molar-refractivity contribution in [3.8, 4) is 11.4 Å². The molecular weight excluding hydrogens is 352 g/mol. The number of benzene rings is 2. The summed E-state index contributed by atoms with van der Waals surface area (Å²) in [5.41, 5.74) is 1.62. The molecule has 0 unspecified atom stereocenters. The van der Waals surface area contributed by atoms with E-state index in [0.29, 0.717) is 33.9 Å². The van der Waals surface area contributed by atoms with E-state index in [1.54, 1.807) is 24.3 Å². The number of rotatable bonds is 5. The largest absolute Gasteiger partial charge is 0.338 e. The molecule has 0 saturated heterocycles. The first-order valence-corrected chi connectivity index (χ1v) is 8.05. The van der Waals surface area contributed by atoms with Gasteiger partial charge in [-0.2, -0.15) is 4.98 Å². The fraction of sp³-hybridized carbons (Fsp3) is 0.176. The maximum atomic E-state index is 12.9. The first-order chi connectivity index (χ1) is 11.5. The Hall–Kier alpha value is -1.95. The highest BCUT2D eigenvalue weighted by molar-refractivity contribution is 6.35. The Labute approximate surface area is 148 Å². The molecule has 2 aromatic carbocycles. The van der Waals surface area contributed by atoms with Crippen molar-refractivity contribution < 1.29 is 8.91 Å². The Bertz CT molecular complexity index is 836. The minimum atomic E-state index is -0.308. The second-order valence-corrected chi connectivity index (χ2v) is 6.13. The summed E-state index contributed by atoms with van der Waals surface area (Å²) in [6, 6.07) is 11.3. The number of aromatic nitrogens is 2. The molecule has 0 fully saturated rings. The van der Waals surface area contributed by atoms with Gasteiger partial charge in [-0.05, 0) is 48.9 Å². The molecule has 0 aliphatic rings. The van der Waals surface area contributed by atoms with Gasteiger partial charge in [0.05, 0.1) is 6.54 Å². The molecule has 0 aliphatic heterocycles. The Balaban J connectivity index is 1.65. The zero-order valence-electron chi connectivity index (χ0n) is 12.8. The van der Waals surface area contributed by atoms with Gasteiger partial charge in [-0.15, -0.1) is 0 Å². The van der Waals surface area contributed by atoms with Gasteiger partial charge in [0.2, 0.25) is 11.7 Å². The zero-order valence-corrected chi connectivity index (χ0v) is 14.3. The highest BCUT2D eigenvalue weighted by Gasteiger charge is 2.13. The van der Waals surface area contributed by atoms with Crippen molar-refractivity contribution >= 4 is 23.2 Å². The third-order valence-electron chi connectivity index (χ3n) is 3.56. The van der Waals surface area contributed by atoms with Crippen LogP contribution in [-0.4, -0.2) is 10.1 Å². The quantitative estimate of drug-likeness (QED) is 0.688. The second kappa shape index (κ2) is 7.30. The molecule has 0 spiro atoms. The van der Waals surface area contributed by atoms with Gasteiger partial charge in [0, 0.05) is 21.7 Å². The Kier molecular flexibility index (Phi) is 5.14. The molecule has 1 aromatic heterocycles. The normalized spacial score (nSPS) is 12.3. The van der Waals surface area contributed by atoms with Crippen LogP contribution in [0.1, 0.15) is 24.4 Å². The van der Waals surface area contributed by atoms with Gasteiger partial charge in [-0.25, -0.2) is 4.39 Å². The molecule has 0 bridgehead atoms. The van der Waals surface area contributed by atoms with Crippen LogP contribution in [0.3, 0.4) is 0 Å². The third kappa shape index (κ3) is 3.93. The lowest BCUT2D eigenvalue weighted by Crippen LogP contribution is -2.18. The summed E-state index contributed by atoms with van der Waals surface area (Å²) in [5.74, 6) is 0.549. The lowest BCUT2D eigenvalue weighted by molar-refractivity contribution is 0.360. The predicted octanol–water partition coefficient (Wildman–Crippen LogP) is 5.03. The van der Waals surface area contributed by atoms with Crippen LogP contribution in [0.4, 0.5) is 4.39 Å². The molecule has 1 N–H and O–H groups in total. The van der Waals surface area contributed by atoms with Crippen molar-refractivity contribution in [2.24, 2.45) is 0 Å². The lowest BCUT2D eigenvalue weighted by Gasteiger charge is -2.14. The van der Waals surface area contributed by atoms with Gasteiger partial charge in [-0.1, -0.05) is 34.4 Å². The summed E-state index contributed by atoms with van der Waals surface area (Å²) in [7, 11) is 0. The number of nitrogens with one attached hydrogen (secondary N) is 1. The summed E-state index contributed by atoms with van der Waals surface area (Å²) >= 11 is 12.1. The van der Waals surface area contributed by atoms with Gasteiger partial charge in [-0.3, -0.25) is 0 Å². The van der Waals surface area contributed by atoms with E-state index < -0.39 is 0 Å². The van der Waals surface area contributed by atoms with Gasteiger partial charge in [0.1, 0.15) is 5.82 Å². The molecule has 4 nitrogen and oxygen atoms in total. The van der Waals surface area contributed by atoms with Crippen LogP contribution in [0.25, 0.3) is 11.4 Å². The summed E-state index contributed by atoms with van der Waals surface area (Å²) in [5, 5.41) is 8.36. The van der Waals surface area contributed by atoms with E-state index in [9.17, 15) is 4.39 Å². The summed E-state index contributed by atoms with van der Waals surface area (Å²) < 4.78 is 18.2. The molecule has 124 valence electrons. The Morgan fingerprint density at radius 3 is 2.62 bits per heavy atom. The minimum Gasteiger partial charge on any atom is -0.338 e. The van der Waals surface area contributed by atoms with Crippen LogP contribution < -0.4 is 5.32 Å². The molecule has 3 rings (SSSR count). The van der Waals surface area contributed by atoms with Crippen LogP contribution in [0.5, 0.6) is 0 Å². The molecule has 0 amide bonds. The number of hydrogen-bond acceptors (Lipinski definition) is 4. The van der Waals surface area contributed by atoms with E-state index in [4.69, 9.17) is 27.7 Å². The average molecular weight is 366 g/mol. The molecule has 1 atom stereocenters. The van der Waals surface area contributed by atoms with E-state index in [0.717, 1.165) is 5.56 Å². The van der Waals surface area contributed by atoms with E-state index in [1.165, 1.54) is 12.1 Å².